The van der Waals surface area contributed by atoms with Gasteiger partial charge in [0.15, 0.2) is 0 Å². The molecule has 2 amide bonds. The third-order valence-electron chi connectivity index (χ3n) is 4.88. The number of amides is 2. The van der Waals surface area contributed by atoms with E-state index < -0.39 is 17.7 Å². The zero-order chi connectivity index (χ0) is 22.3. The van der Waals surface area contributed by atoms with Gasteiger partial charge in [-0.2, -0.15) is 11.8 Å². The number of carbonyl (C=O) groups is 2. The summed E-state index contributed by atoms with van der Waals surface area (Å²) in [7, 11) is 0. The van der Waals surface area contributed by atoms with Crippen molar-refractivity contribution in [2.75, 3.05) is 31.1 Å². The number of pyridine rings is 1. The zero-order valence-electron chi connectivity index (χ0n) is 18.5. The van der Waals surface area contributed by atoms with Crippen molar-refractivity contribution in [2.24, 2.45) is 0 Å². The van der Waals surface area contributed by atoms with Crippen LogP contribution in [0.5, 0.6) is 0 Å². The molecule has 0 radical (unpaired) electrons. The van der Waals surface area contributed by atoms with Crippen LogP contribution >= 0.6 is 11.8 Å². The highest BCUT2D eigenvalue weighted by Crippen LogP contribution is 2.13. The lowest BCUT2D eigenvalue weighted by atomic mass is 10.1. The van der Waals surface area contributed by atoms with Gasteiger partial charge in [-0.15, -0.1) is 0 Å². The predicted octanol–water partition coefficient (Wildman–Crippen LogP) is 3.18. The number of carbonyl (C=O) groups excluding carboxylic acids is 2. The van der Waals surface area contributed by atoms with Gasteiger partial charge in [0.1, 0.15) is 11.6 Å². The van der Waals surface area contributed by atoms with E-state index in [0.29, 0.717) is 32.6 Å². The van der Waals surface area contributed by atoms with Crippen molar-refractivity contribution in [2.45, 2.75) is 45.4 Å². The lowest BCUT2D eigenvalue weighted by Crippen LogP contribution is -2.52. The van der Waals surface area contributed by atoms with E-state index in [1.54, 1.807) is 0 Å². The molecule has 0 bridgehead atoms. The monoisotopic (exact) mass is 444 g/mol. The number of alkyl carbamates (subject to hydrolysis) is 1. The van der Waals surface area contributed by atoms with Crippen LogP contribution in [0, 0.1) is 0 Å². The van der Waals surface area contributed by atoms with Crippen molar-refractivity contribution in [1.82, 2.24) is 20.5 Å². The molecule has 1 aromatic heterocycles. The molecule has 1 aromatic carbocycles. The second-order valence-corrected chi connectivity index (χ2v) is 9.82. The van der Waals surface area contributed by atoms with Gasteiger partial charge in [0.25, 0.3) is 0 Å². The van der Waals surface area contributed by atoms with Gasteiger partial charge in [0.05, 0.1) is 11.2 Å². The average Bonchev–Trinajstić information content (AvgIpc) is 2.74. The van der Waals surface area contributed by atoms with E-state index in [1.165, 1.54) is 0 Å². The van der Waals surface area contributed by atoms with Gasteiger partial charge in [0, 0.05) is 36.5 Å². The van der Waals surface area contributed by atoms with E-state index in [1.807, 2.05) is 67.8 Å². The second-order valence-electron chi connectivity index (χ2n) is 8.60. The summed E-state index contributed by atoms with van der Waals surface area (Å²) in [5, 5.41) is 7.23. The Bertz CT molecular complexity index is 894. The van der Waals surface area contributed by atoms with Gasteiger partial charge in [-0.05, 0) is 45.9 Å². The minimum Gasteiger partial charge on any atom is -0.444 e. The molecule has 1 atom stereocenters. The van der Waals surface area contributed by atoms with Crippen LogP contribution in [-0.2, 0) is 16.1 Å². The highest BCUT2D eigenvalue weighted by molar-refractivity contribution is 7.99. The van der Waals surface area contributed by atoms with Crippen LogP contribution in [0.4, 0.5) is 4.79 Å². The van der Waals surface area contributed by atoms with Crippen LogP contribution in [0.2, 0.25) is 0 Å². The predicted molar refractivity (Wildman–Crippen MR) is 125 cm³/mol. The Morgan fingerprint density at radius 3 is 2.65 bits per heavy atom. The van der Waals surface area contributed by atoms with Gasteiger partial charge >= 0.3 is 6.09 Å². The Kier molecular flexibility index (Phi) is 8.15. The first kappa shape index (κ1) is 23.3. The number of para-hydroxylation sites is 1. The number of benzene rings is 1. The molecule has 1 fully saturated rings. The van der Waals surface area contributed by atoms with Crippen molar-refractivity contribution in [3.8, 4) is 0 Å². The number of fused-ring (bicyclic) bond motifs is 1. The number of ether oxygens (including phenoxy) is 1. The van der Waals surface area contributed by atoms with Gasteiger partial charge in [-0.3, -0.25) is 9.78 Å². The maximum Gasteiger partial charge on any atom is 0.408 e. The van der Waals surface area contributed by atoms with E-state index >= 15 is 0 Å². The van der Waals surface area contributed by atoms with Gasteiger partial charge in [-0.1, -0.05) is 24.3 Å². The minimum absolute atomic E-state index is 0.0446. The molecule has 2 N–H and O–H groups in total. The topological polar surface area (TPSA) is 83.6 Å². The summed E-state index contributed by atoms with van der Waals surface area (Å²) in [4.78, 5) is 31.8. The fourth-order valence-electron chi connectivity index (χ4n) is 3.38. The van der Waals surface area contributed by atoms with Crippen molar-refractivity contribution in [1.29, 1.82) is 0 Å². The Hall–Kier alpha value is -2.32. The lowest BCUT2D eigenvalue weighted by Gasteiger charge is -2.31. The fraction of sp³-hybridized carbons (Fsp3) is 0.522. The molecule has 31 heavy (non-hydrogen) atoms. The maximum absolute atomic E-state index is 13.0. The third-order valence-corrected chi connectivity index (χ3v) is 5.83. The van der Waals surface area contributed by atoms with E-state index in [2.05, 4.69) is 21.7 Å². The summed E-state index contributed by atoms with van der Waals surface area (Å²) < 4.78 is 5.37. The number of rotatable bonds is 7. The molecule has 3 rings (SSSR count). The number of hydrogen-bond acceptors (Lipinski definition) is 6. The highest BCUT2D eigenvalue weighted by atomic mass is 32.2. The molecule has 0 unspecified atom stereocenters. The van der Waals surface area contributed by atoms with Crippen LogP contribution in [0.15, 0.2) is 36.4 Å². The Balaban J connectivity index is 1.56. The molecule has 0 spiro atoms. The van der Waals surface area contributed by atoms with Crippen molar-refractivity contribution >= 4 is 34.7 Å². The fourth-order valence-corrected chi connectivity index (χ4v) is 4.28. The third kappa shape index (κ3) is 7.40. The standard InChI is InChI=1S/C23H32N4O3S/c1-23(2,3)30-22(29)26-20(21(28)27-12-14-31-15-13-27)10-11-24-16-18-9-8-17-6-4-5-7-19(17)25-18/h4-9,20,24H,10-16H2,1-3H3,(H,26,29)/t20-/m0/s1. The molecule has 1 aliphatic rings. The van der Waals surface area contributed by atoms with Crippen molar-refractivity contribution in [3.63, 3.8) is 0 Å². The van der Waals surface area contributed by atoms with Crippen LogP contribution in [-0.4, -0.2) is 64.7 Å². The summed E-state index contributed by atoms with van der Waals surface area (Å²) in [6, 6.07) is 11.5. The van der Waals surface area contributed by atoms with Gasteiger partial charge < -0.3 is 20.3 Å². The quantitative estimate of drug-likeness (QED) is 0.638. The molecule has 0 aliphatic carbocycles. The number of nitrogens with zero attached hydrogens (tertiary/aromatic N) is 2. The Labute approximate surface area is 188 Å². The molecule has 7 nitrogen and oxygen atoms in total. The average molecular weight is 445 g/mol. The van der Waals surface area contributed by atoms with Gasteiger partial charge in [-0.25, -0.2) is 4.79 Å². The molecular weight excluding hydrogens is 412 g/mol. The lowest BCUT2D eigenvalue weighted by molar-refractivity contribution is -0.133. The molecule has 1 saturated heterocycles. The SMILES string of the molecule is CC(C)(C)OC(=O)N[C@@H](CCNCc1ccc2ccccc2n1)C(=O)N1CCSCC1. The Morgan fingerprint density at radius 1 is 1.16 bits per heavy atom. The Morgan fingerprint density at radius 2 is 1.90 bits per heavy atom. The van der Waals surface area contributed by atoms with Crippen LogP contribution in [0.25, 0.3) is 10.9 Å². The largest absolute Gasteiger partial charge is 0.444 e. The van der Waals surface area contributed by atoms with E-state index in [4.69, 9.17) is 4.74 Å². The first-order chi connectivity index (χ1) is 14.8. The second kappa shape index (κ2) is 10.8. The van der Waals surface area contributed by atoms with Gasteiger partial charge in [0.2, 0.25) is 5.91 Å². The molecule has 2 heterocycles. The molecular formula is C23H32N4O3S. The summed E-state index contributed by atoms with van der Waals surface area (Å²) in [5.74, 6) is 1.81. The van der Waals surface area contributed by atoms with Crippen molar-refractivity contribution < 1.29 is 14.3 Å². The molecule has 168 valence electrons. The van der Waals surface area contributed by atoms with Crippen LogP contribution in [0.3, 0.4) is 0 Å². The van der Waals surface area contributed by atoms with Crippen LogP contribution in [0.1, 0.15) is 32.9 Å². The molecule has 1 aliphatic heterocycles. The number of hydrogen-bond donors (Lipinski definition) is 2. The summed E-state index contributed by atoms with van der Waals surface area (Å²) in [5.41, 5.74) is 1.29. The minimum atomic E-state index is -0.616. The molecule has 8 heteroatoms. The van der Waals surface area contributed by atoms with E-state index in [0.717, 1.165) is 28.1 Å². The smallest absolute Gasteiger partial charge is 0.408 e. The molecule has 0 saturated carbocycles. The highest BCUT2D eigenvalue weighted by Gasteiger charge is 2.28. The number of aromatic nitrogens is 1. The van der Waals surface area contributed by atoms with Crippen molar-refractivity contribution in [3.05, 3.63) is 42.1 Å². The number of thioether (sulfide) groups is 1. The summed E-state index contributed by atoms with van der Waals surface area (Å²) in [6.07, 6.45) is -0.0802. The first-order valence-electron chi connectivity index (χ1n) is 10.7. The number of nitrogens with one attached hydrogen (secondary N) is 2. The first-order valence-corrected chi connectivity index (χ1v) is 11.9. The van der Waals surface area contributed by atoms with Crippen LogP contribution < -0.4 is 10.6 Å². The maximum atomic E-state index is 13.0. The zero-order valence-corrected chi connectivity index (χ0v) is 19.3. The van der Waals surface area contributed by atoms with E-state index in [9.17, 15) is 9.59 Å². The molecule has 2 aromatic rings. The summed E-state index contributed by atoms with van der Waals surface area (Å²) >= 11 is 1.84. The summed E-state index contributed by atoms with van der Waals surface area (Å²) in [6.45, 7) is 8.02. The van der Waals surface area contributed by atoms with E-state index in [-0.39, 0.29) is 5.91 Å². The normalized spacial score (nSPS) is 15.5.